The maximum Gasteiger partial charge on any atom is 0.261 e. The monoisotopic (exact) mass is 458 g/mol. The Hall–Kier alpha value is -3.60. The van der Waals surface area contributed by atoms with Crippen molar-refractivity contribution in [2.24, 2.45) is 0 Å². The third-order valence-electron chi connectivity index (χ3n) is 5.62. The van der Waals surface area contributed by atoms with Gasteiger partial charge in [-0.25, -0.2) is 0 Å². The molecule has 5 nitrogen and oxygen atoms in total. The Bertz CT molecular complexity index is 1080. The van der Waals surface area contributed by atoms with Gasteiger partial charge in [-0.1, -0.05) is 78.4 Å². The molecular formula is C29H34N2O3. The second-order valence-electron chi connectivity index (χ2n) is 8.93. The molecule has 5 heteroatoms. The summed E-state index contributed by atoms with van der Waals surface area (Å²) in [6.07, 6.45) is 0.418. The third kappa shape index (κ3) is 7.20. The molecule has 2 amide bonds. The lowest BCUT2D eigenvalue weighted by atomic mass is 10.0. The zero-order chi connectivity index (χ0) is 24.5. The van der Waals surface area contributed by atoms with Crippen molar-refractivity contribution in [3.63, 3.8) is 0 Å². The highest BCUT2D eigenvalue weighted by Crippen LogP contribution is 2.19. The molecule has 0 aliphatic heterocycles. The average molecular weight is 459 g/mol. The number of nitrogens with zero attached hydrogens (tertiary/aromatic N) is 1. The topological polar surface area (TPSA) is 58.6 Å². The summed E-state index contributed by atoms with van der Waals surface area (Å²) in [6.45, 7) is 7.99. The molecule has 0 radical (unpaired) electrons. The van der Waals surface area contributed by atoms with E-state index < -0.39 is 6.04 Å². The van der Waals surface area contributed by atoms with Crippen molar-refractivity contribution in [2.75, 3.05) is 6.61 Å². The van der Waals surface area contributed by atoms with E-state index >= 15 is 0 Å². The number of carbonyl (C=O) groups is 2. The predicted octanol–water partition coefficient (Wildman–Crippen LogP) is 4.85. The van der Waals surface area contributed by atoms with Gasteiger partial charge in [-0.15, -0.1) is 0 Å². The van der Waals surface area contributed by atoms with Crippen molar-refractivity contribution in [1.29, 1.82) is 0 Å². The number of rotatable bonds is 10. The summed E-state index contributed by atoms with van der Waals surface area (Å²) in [4.78, 5) is 28.5. The minimum Gasteiger partial charge on any atom is -0.484 e. The molecule has 0 aliphatic carbocycles. The normalized spacial score (nSPS) is 11.7. The minimum atomic E-state index is -0.668. The SMILES string of the molecule is Cc1ccc(CN(C(=O)COc2ccccc2C)[C@@H](Cc2ccccc2)C(=O)NC(C)C)cc1. The second kappa shape index (κ2) is 12.0. The number of ether oxygens (including phenoxy) is 1. The first-order valence-corrected chi connectivity index (χ1v) is 11.7. The molecule has 0 saturated carbocycles. The summed E-state index contributed by atoms with van der Waals surface area (Å²) < 4.78 is 5.87. The summed E-state index contributed by atoms with van der Waals surface area (Å²) in [6, 6.07) is 24.7. The Morgan fingerprint density at radius 3 is 2.15 bits per heavy atom. The zero-order valence-corrected chi connectivity index (χ0v) is 20.5. The second-order valence-corrected chi connectivity index (χ2v) is 8.93. The van der Waals surface area contributed by atoms with E-state index in [1.165, 1.54) is 0 Å². The van der Waals surface area contributed by atoms with Crippen molar-refractivity contribution >= 4 is 11.8 Å². The van der Waals surface area contributed by atoms with E-state index in [9.17, 15) is 9.59 Å². The number of benzene rings is 3. The van der Waals surface area contributed by atoms with Gasteiger partial charge in [0.15, 0.2) is 6.61 Å². The number of aryl methyl sites for hydroxylation is 2. The standard InChI is InChI=1S/C29H34N2O3/c1-21(2)30-29(33)26(18-24-11-6-5-7-12-24)31(19-25-16-14-22(3)15-17-25)28(32)20-34-27-13-9-8-10-23(27)4/h5-17,21,26H,18-20H2,1-4H3,(H,30,33)/t26-/m0/s1. The Morgan fingerprint density at radius 1 is 0.853 bits per heavy atom. The van der Waals surface area contributed by atoms with Gasteiger partial charge in [0.1, 0.15) is 11.8 Å². The number of hydrogen-bond acceptors (Lipinski definition) is 3. The van der Waals surface area contributed by atoms with Crippen LogP contribution in [0.3, 0.4) is 0 Å². The Balaban J connectivity index is 1.91. The Kier molecular flexibility index (Phi) is 8.86. The lowest BCUT2D eigenvalue weighted by Crippen LogP contribution is -2.52. The van der Waals surface area contributed by atoms with E-state index in [1.54, 1.807) is 4.90 Å². The van der Waals surface area contributed by atoms with Gasteiger partial charge in [-0.05, 0) is 50.5 Å². The number of hydrogen-bond donors (Lipinski definition) is 1. The maximum atomic E-state index is 13.5. The van der Waals surface area contributed by atoms with Crippen LogP contribution in [-0.2, 0) is 22.6 Å². The van der Waals surface area contributed by atoms with Gasteiger partial charge >= 0.3 is 0 Å². The molecule has 0 spiro atoms. The van der Waals surface area contributed by atoms with Gasteiger partial charge in [0, 0.05) is 19.0 Å². The lowest BCUT2D eigenvalue weighted by molar-refractivity contribution is -0.143. The zero-order valence-electron chi connectivity index (χ0n) is 20.5. The fourth-order valence-corrected chi connectivity index (χ4v) is 3.77. The Labute approximate surface area is 202 Å². The summed E-state index contributed by atoms with van der Waals surface area (Å²) in [5, 5.41) is 3.00. The molecule has 0 unspecified atom stereocenters. The molecule has 3 rings (SSSR count). The fourth-order valence-electron chi connectivity index (χ4n) is 3.77. The molecule has 0 saturated heterocycles. The summed E-state index contributed by atoms with van der Waals surface area (Å²) >= 11 is 0. The van der Waals surface area contributed by atoms with E-state index in [1.807, 2.05) is 107 Å². The van der Waals surface area contributed by atoms with Gasteiger partial charge < -0.3 is 15.0 Å². The maximum absolute atomic E-state index is 13.5. The summed E-state index contributed by atoms with van der Waals surface area (Å²) in [5.41, 5.74) is 4.06. The van der Waals surface area contributed by atoms with Crippen LogP contribution in [0.2, 0.25) is 0 Å². The van der Waals surface area contributed by atoms with Crippen LogP contribution in [-0.4, -0.2) is 35.4 Å². The lowest BCUT2D eigenvalue weighted by Gasteiger charge is -2.32. The molecule has 3 aromatic carbocycles. The van der Waals surface area contributed by atoms with Crippen LogP contribution in [0, 0.1) is 13.8 Å². The molecule has 1 atom stereocenters. The highest BCUT2D eigenvalue weighted by Gasteiger charge is 2.31. The van der Waals surface area contributed by atoms with E-state index in [0.29, 0.717) is 18.7 Å². The Morgan fingerprint density at radius 2 is 1.50 bits per heavy atom. The molecule has 0 fully saturated rings. The van der Waals surface area contributed by atoms with E-state index in [4.69, 9.17) is 4.74 Å². The first-order chi connectivity index (χ1) is 16.3. The first kappa shape index (κ1) is 25.0. The third-order valence-corrected chi connectivity index (χ3v) is 5.62. The summed E-state index contributed by atoms with van der Waals surface area (Å²) in [7, 11) is 0. The molecule has 178 valence electrons. The molecule has 0 bridgehead atoms. The van der Waals surface area contributed by atoms with E-state index in [-0.39, 0.29) is 24.5 Å². The fraction of sp³-hybridized carbons (Fsp3) is 0.310. The van der Waals surface area contributed by atoms with Crippen LogP contribution in [0.25, 0.3) is 0 Å². The van der Waals surface area contributed by atoms with Gasteiger partial charge in [0.05, 0.1) is 0 Å². The van der Waals surface area contributed by atoms with Crippen molar-refractivity contribution in [1.82, 2.24) is 10.2 Å². The van der Waals surface area contributed by atoms with Crippen molar-refractivity contribution < 1.29 is 14.3 Å². The highest BCUT2D eigenvalue weighted by molar-refractivity contribution is 5.88. The van der Waals surface area contributed by atoms with Crippen LogP contribution < -0.4 is 10.1 Å². The number of nitrogens with one attached hydrogen (secondary N) is 1. The number of para-hydroxylation sites is 1. The quantitative estimate of drug-likeness (QED) is 0.473. The number of carbonyl (C=O) groups excluding carboxylic acids is 2. The van der Waals surface area contributed by atoms with Crippen LogP contribution in [0.5, 0.6) is 5.75 Å². The van der Waals surface area contributed by atoms with E-state index in [0.717, 1.165) is 22.3 Å². The van der Waals surface area contributed by atoms with Gasteiger partial charge in [-0.3, -0.25) is 9.59 Å². The number of amides is 2. The summed E-state index contributed by atoms with van der Waals surface area (Å²) in [5.74, 6) is 0.260. The molecular weight excluding hydrogens is 424 g/mol. The van der Waals surface area contributed by atoms with Gasteiger partial charge in [0.25, 0.3) is 5.91 Å². The van der Waals surface area contributed by atoms with E-state index in [2.05, 4.69) is 5.32 Å². The van der Waals surface area contributed by atoms with Crippen molar-refractivity contribution in [3.8, 4) is 5.75 Å². The highest BCUT2D eigenvalue weighted by atomic mass is 16.5. The van der Waals surface area contributed by atoms with Gasteiger partial charge in [-0.2, -0.15) is 0 Å². The largest absolute Gasteiger partial charge is 0.484 e. The smallest absolute Gasteiger partial charge is 0.261 e. The van der Waals surface area contributed by atoms with Crippen molar-refractivity contribution in [2.45, 2.75) is 52.7 Å². The predicted molar refractivity (Wildman–Crippen MR) is 136 cm³/mol. The van der Waals surface area contributed by atoms with Crippen LogP contribution in [0.15, 0.2) is 78.9 Å². The molecule has 34 heavy (non-hydrogen) atoms. The first-order valence-electron chi connectivity index (χ1n) is 11.7. The van der Waals surface area contributed by atoms with Crippen LogP contribution >= 0.6 is 0 Å². The van der Waals surface area contributed by atoms with Crippen LogP contribution in [0.1, 0.15) is 36.1 Å². The minimum absolute atomic E-state index is 0.0367. The van der Waals surface area contributed by atoms with Gasteiger partial charge in [0.2, 0.25) is 5.91 Å². The average Bonchev–Trinajstić information content (AvgIpc) is 2.82. The molecule has 0 aliphatic rings. The van der Waals surface area contributed by atoms with Crippen LogP contribution in [0.4, 0.5) is 0 Å². The van der Waals surface area contributed by atoms with Crippen molar-refractivity contribution in [3.05, 3.63) is 101 Å². The molecule has 3 aromatic rings. The molecule has 0 aromatic heterocycles. The molecule has 0 heterocycles. The molecule has 1 N–H and O–H groups in total.